The highest BCUT2D eigenvalue weighted by Gasteiger charge is 2.07. The number of aromatic nitrogens is 1. The third-order valence-electron chi connectivity index (χ3n) is 2.85. The molecule has 1 aromatic carbocycles. The van der Waals surface area contributed by atoms with Crippen molar-refractivity contribution in [2.24, 2.45) is 5.92 Å². The van der Waals surface area contributed by atoms with Crippen LogP contribution in [0.25, 0.3) is 0 Å². The summed E-state index contributed by atoms with van der Waals surface area (Å²) in [7, 11) is 0. The predicted molar refractivity (Wildman–Crippen MR) is 85.0 cm³/mol. The van der Waals surface area contributed by atoms with E-state index in [1.54, 1.807) is 30.6 Å². The highest BCUT2D eigenvalue weighted by molar-refractivity contribution is 9.10. The molecule has 1 heterocycles. The van der Waals surface area contributed by atoms with Crippen molar-refractivity contribution in [2.75, 3.05) is 6.54 Å². The van der Waals surface area contributed by atoms with Crippen molar-refractivity contribution in [3.05, 3.63) is 52.5 Å². The molecule has 0 fully saturated rings. The molecule has 0 aliphatic heterocycles. The van der Waals surface area contributed by atoms with E-state index in [0.29, 0.717) is 28.4 Å². The van der Waals surface area contributed by atoms with E-state index in [0.717, 1.165) is 12.1 Å². The Labute approximate surface area is 132 Å². The lowest BCUT2D eigenvalue weighted by Crippen LogP contribution is -2.19. The normalized spacial score (nSPS) is 10.9. The van der Waals surface area contributed by atoms with E-state index < -0.39 is 0 Å². The Morgan fingerprint density at radius 2 is 2.14 bits per heavy atom. The lowest BCUT2D eigenvalue weighted by Gasteiger charge is -2.12. The topological polar surface area (TPSA) is 34.2 Å². The van der Waals surface area contributed by atoms with Crippen molar-refractivity contribution in [1.82, 2.24) is 10.3 Å². The number of rotatable bonds is 6. The lowest BCUT2D eigenvalue weighted by molar-refractivity contribution is 0.463. The van der Waals surface area contributed by atoms with Crippen molar-refractivity contribution in [2.45, 2.75) is 20.4 Å². The number of pyridine rings is 1. The summed E-state index contributed by atoms with van der Waals surface area (Å²) < 4.78 is 19.7. The van der Waals surface area contributed by atoms with Crippen LogP contribution in [0.3, 0.4) is 0 Å². The summed E-state index contributed by atoms with van der Waals surface area (Å²) in [4.78, 5) is 4.11. The van der Waals surface area contributed by atoms with Crippen LogP contribution in [0.1, 0.15) is 19.4 Å². The van der Waals surface area contributed by atoms with Crippen LogP contribution in [0.5, 0.6) is 11.5 Å². The molecule has 0 saturated heterocycles. The second-order valence-corrected chi connectivity index (χ2v) is 6.04. The number of nitrogens with zero attached hydrogens (tertiary/aromatic N) is 1. The molecule has 0 atom stereocenters. The lowest BCUT2D eigenvalue weighted by atomic mass is 10.2. The molecule has 0 spiro atoms. The van der Waals surface area contributed by atoms with Crippen LogP contribution in [0.2, 0.25) is 0 Å². The molecule has 0 bridgehead atoms. The number of hydrogen-bond acceptors (Lipinski definition) is 3. The zero-order valence-corrected chi connectivity index (χ0v) is 13.7. The maximum absolute atomic E-state index is 13.5. The molecule has 0 aliphatic carbocycles. The number of nitrogens with one attached hydrogen (secondary N) is 1. The van der Waals surface area contributed by atoms with Gasteiger partial charge in [-0.15, -0.1) is 0 Å². The highest BCUT2D eigenvalue weighted by atomic mass is 79.9. The third kappa shape index (κ3) is 4.79. The molecule has 0 radical (unpaired) electrons. The molecular weight excluding hydrogens is 335 g/mol. The fraction of sp³-hybridized carbons (Fsp3) is 0.312. The Morgan fingerprint density at radius 1 is 1.33 bits per heavy atom. The number of ether oxygens (including phenoxy) is 1. The van der Waals surface area contributed by atoms with Gasteiger partial charge in [0.05, 0.1) is 4.47 Å². The molecule has 3 nitrogen and oxygen atoms in total. The number of benzene rings is 1. The first kappa shape index (κ1) is 15.9. The van der Waals surface area contributed by atoms with E-state index in [9.17, 15) is 4.39 Å². The molecular formula is C16H18BrFN2O. The van der Waals surface area contributed by atoms with Crippen molar-refractivity contribution in [3.8, 4) is 11.5 Å². The molecule has 0 saturated carbocycles. The van der Waals surface area contributed by atoms with Gasteiger partial charge in [0.25, 0.3) is 0 Å². The van der Waals surface area contributed by atoms with Gasteiger partial charge in [0.1, 0.15) is 17.3 Å². The van der Waals surface area contributed by atoms with E-state index in [4.69, 9.17) is 4.74 Å². The first-order valence-corrected chi connectivity index (χ1v) is 7.62. The van der Waals surface area contributed by atoms with Gasteiger partial charge in [-0.2, -0.15) is 0 Å². The van der Waals surface area contributed by atoms with Gasteiger partial charge in [-0.1, -0.05) is 13.8 Å². The first-order valence-electron chi connectivity index (χ1n) is 6.82. The van der Waals surface area contributed by atoms with Crippen LogP contribution in [-0.2, 0) is 6.54 Å². The molecule has 0 unspecified atom stereocenters. The van der Waals surface area contributed by atoms with Crippen LogP contribution in [-0.4, -0.2) is 11.5 Å². The number of halogens is 2. The third-order valence-corrected chi connectivity index (χ3v) is 3.49. The predicted octanol–water partition coefficient (Wildman–Crippen LogP) is 4.52. The van der Waals surface area contributed by atoms with Gasteiger partial charge in [-0.3, -0.25) is 4.98 Å². The van der Waals surface area contributed by atoms with Gasteiger partial charge >= 0.3 is 0 Å². The summed E-state index contributed by atoms with van der Waals surface area (Å²) >= 11 is 3.13. The summed E-state index contributed by atoms with van der Waals surface area (Å²) in [6, 6.07) is 6.49. The second kappa shape index (κ2) is 7.52. The largest absolute Gasteiger partial charge is 0.457 e. The van der Waals surface area contributed by atoms with E-state index in [2.05, 4.69) is 40.1 Å². The minimum Gasteiger partial charge on any atom is -0.457 e. The molecule has 21 heavy (non-hydrogen) atoms. The van der Waals surface area contributed by atoms with Gasteiger partial charge in [-0.25, -0.2) is 4.39 Å². The van der Waals surface area contributed by atoms with Crippen LogP contribution >= 0.6 is 15.9 Å². The van der Waals surface area contributed by atoms with Gasteiger partial charge in [0, 0.05) is 30.6 Å². The fourth-order valence-corrected chi connectivity index (χ4v) is 2.06. The summed E-state index contributed by atoms with van der Waals surface area (Å²) in [6.45, 7) is 5.89. The molecule has 0 amide bonds. The first-order chi connectivity index (χ1) is 10.1. The molecule has 1 aromatic heterocycles. The van der Waals surface area contributed by atoms with Crippen molar-refractivity contribution >= 4 is 15.9 Å². The fourth-order valence-electron chi connectivity index (χ4n) is 1.81. The molecule has 112 valence electrons. The summed E-state index contributed by atoms with van der Waals surface area (Å²) in [5, 5.41) is 3.35. The maximum atomic E-state index is 13.5. The second-order valence-electron chi connectivity index (χ2n) is 5.19. The van der Waals surface area contributed by atoms with E-state index >= 15 is 0 Å². The Bertz CT molecular complexity index is 605. The summed E-state index contributed by atoms with van der Waals surface area (Å²) in [5.41, 5.74) is 0.946. The van der Waals surface area contributed by atoms with E-state index in [-0.39, 0.29) is 5.82 Å². The smallest absolute Gasteiger partial charge is 0.141 e. The standard InChI is InChI=1S/C16H18BrFN2O/c1-11(2)8-20-10-12-9-19-6-5-16(12)21-13-3-4-14(17)15(18)7-13/h3-7,9,11,20H,8,10H2,1-2H3. The Kier molecular flexibility index (Phi) is 5.70. The van der Waals surface area contributed by atoms with Crippen LogP contribution < -0.4 is 10.1 Å². The van der Waals surface area contributed by atoms with E-state index in [1.807, 2.05) is 0 Å². The van der Waals surface area contributed by atoms with Crippen molar-refractivity contribution in [1.29, 1.82) is 0 Å². The Balaban J connectivity index is 2.10. The zero-order chi connectivity index (χ0) is 15.2. The monoisotopic (exact) mass is 352 g/mol. The Morgan fingerprint density at radius 3 is 2.86 bits per heavy atom. The van der Waals surface area contributed by atoms with Gasteiger partial charge < -0.3 is 10.1 Å². The molecule has 1 N–H and O–H groups in total. The van der Waals surface area contributed by atoms with Crippen molar-refractivity contribution in [3.63, 3.8) is 0 Å². The SMILES string of the molecule is CC(C)CNCc1cnccc1Oc1ccc(Br)c(F)c1. The zero-order valence-electron chi connectivity index (χ0n) is 12.1. The molecule has 2 rings (SSSR count). The van der Waals surface area contributed by atoms with Crippen LogP contribution in [0, 0.1) is 11.7 Å². The highest BCUT2D eigenvalue weighted by Crippen LogP contribution is 2.27. The molecule has 0 aliphatic rings. The quantitative estimate of drug-likeness (QED) is 0.829. The van der Waals surface area contributed by atoms with Gasteiger partial charge in [0.15, 0.2) is 0 Å². The van der Waals surface area contributed by atoms with Crippen molar-refractivity contribution < 1.29 is 9.13 Å². The van der Waals surface area contributed by atoms with Gasteiger partial charge in [-0.05, 0) is 46.6 Å². The van der Waals surface area contributed by atoms with Crippen LogP contribution in [0.15, 0.2) is 41.1 Å². The summed E-state index contributed by atoms with van der Waals surface area (Å²) in [6.07, 6.45) is 3.42. The van der Waals surface area contributed by atoms with Gasteiger partial charge in [0.2, 0.25) is 0 Å². The summed E-state index contributed by atoms with van der Waals surface area (Å²) in [5.74, 6) is 1.38. The Hall–Kier alpha value is -1.46. The molecule has 5 heteroatoms. The minimum atomic E-state index is -0.346. The average Bonchev–Trinajstić information content (AvgIpc) is 2.44. The van der Waals surface area contributed by atoms with Crippen LogP contribution in [0.4, 0.5) is 4.39 Å². The number of hydrogen-bond donors (Lipinski definition) is 1. The maximum Gasteiger partial charge on any atom is 0.141 e. The molecule has 2 aromatic rings. The average molecular weight is 353 g/mol. The minimum absolute atomic E-state index is 0.346. The van der Waals surface area contributed by atoms with E-state index in [1.165, 1.54) is 6.07 Å².